The van der Waals surface area contributed by atoms with Crippen molar-refractivity contribution in [1.82, 2.24) is 4.98 Å². The zero-order valence-corrected chi connectivity index (χ0v) is 9.13. The summed E-state index contributed by atoms with van der Waals surface area (Å²) in [6, 6.07) is 0. The zero-order chi connectivity index (χ0) is 12.3. The molecule has 16 heavy (non-hydrogen) atoms. The quantitative estimate of drug-likeness (QED) is 0.863. The normalized spacial score (nSPS) is 10.8. The van der Waals surface area contributed by atoms with Crippen molar-refractivity contribution in [3.05, 3.63) is 28.6 Å². The maximum Gasteiger partial charge on any atom is 0.307 e. The van der Waals surface area contributed by atoms with Gasteiger partial charge in [-0.3, -0.25) is 9.78 Å². The lowest BCUT2D eigenvalue weighted by Gasteiger charge is -2.12. The monoisotopic (exact) mass is 229 g/mol. The summed E-state index contributed by atoms with van der Waals surface area (Å²) < 4.78 is 25.2. The van der Waals surface area contributed by atoms with Gasteiger partial charge in [-0.1, -0.05) is 6.92 Å². The Morgan fingerprint density at radius 1 is 1.56 bits per heavy atom. The molecule has 1 aromatic rings. The average Bonchev–Trinajstić information content (AvgIpc) is 2.19. The fraction of sp³-hybridized carbons (Fsp3) is 0.455. The molecular weight excluding hydrogens is 216 g/mol. The van der Waals surface area contributed by atoms with E-state index in [-0.39, 0.29) is 12.1 Å². The summed E-state index contributed by atoms with van der Waals surface area (Å²) in [5, 5.41) is 8.66. The number of pyridine rings is 1. The Labute approximate surface area is 92.1 Å². The number of carboxylic acid groups (broad SMARTS) is 1. The molecule has 0 spiro atoms. The van der Waals surface area contributed by atoms with Crippen LogP contribution in [0.2, 0.25) is 0 Å². The van der Waals surface area contributed by atoms with Crippen molar-refractivity contribution < 1.29 is 18.7 Å². The summed E-state index contributed by atoms with van der Waals surface area (Å²) >= 11 is 0. The third-order valence-electron chi connectivity index (χ3n) is 2.50. The Balaban J connectivity index is 3.23. The molecule has 0 saturated heterocycles. The maximum atomic E-state index is 12.6. The molecule has 0 amide bonds. The van der Waals surface area contributed by atoms with Crippen LogP contribution in [-0.2, 0) is 17.6 Å². The number of halogens is 2. The minimum Gasteiger partial charge on any atom is -0.481 e. The minimum absolute atomic E-state index is 0.185. The molecule has 0 aromatic carbocycles. The van der Waals surface area contributed by atoms with E-state index in [4.69, 9.17) is 5.11 Å². The number of rotatable bonds is 4. The number of carboxylic acids is 1. The number of carbonyl (C=O) groups is 1. The van der Waals surface area contributed by atoms with Gasteiger partial charge in [-0.05, 0) is 30.0 Å². The van der Waals surface area contributed by atoms with Crippen LogP contribution in [0.1, 0.15) is 35.7 Å². The molecular formula is C11H13F2NO2. The first-order chi connectivity index (χ1) is 7.47. The third kappa shape index (κ3) is 2.53. The second kappa shape index (κ2) is 5.01. The van der Waals surface area contributed by atoms with Crippen LogP contribution in [0, 0.1) is 6.92 Å². The Bertz CT molecular complexity index is 405. The number of nitrogens with zero attached hydrogens (tertiary/aromatic N) is 1. The second-order valence-electron chi connectivity index (χ2n) is 3.50. The smallest absolute Gasteiger partial charge is 0.307 e. The molecule has 0 aliphatic carbocycles. The Kier molecular flexibility index (Phi) is 3.93. The first-order valence-corrected chi connectivity index (χ1v) is 4.94. The van der Waals surface area contributed by atoms with E-state index in [0.29, 0.717) is 23.1 Å². The summed E-state index contributed by atoms with van der Waals surface area (Å²) in [5.74, 6) is -0.989. The molecule has 88 valence electrons. The van der Waals surface area contributed by atoms with Gasteiger partial charge in [0, 0.05) is 6.20 Å². The van der Waals surface area contributed by atoms with Gasteiger partial charge in [0.1, 0.15) is 5.69 Å². The van der Waals surface area contributed by atoms with Gasteiger partial charge >= 0.3 is 5.97 Å². The molecule has 0 fully saturated rings. The van der Waals surface area contributed by atoms with Gasteiger partial charge in [-0.15, -0.1) is 0 Å². The molecule has 0 unspecified atom stereocenters. The SMILES string of the molecule is CCc1c(C(F)F)ncc(CC(=O)O)c1C. The lowest BCUT2D eigenvalue weighted by Crippen LogP contribution is -2.08. The zero-order valence-electron chi connectivity index (χ0n) is 9.13. The van der Waals surface area contributed by atoms with E-state index < -0.39 is 12.4 Å². The molecule has 0 radical (unpaired) electrons. The van der Waals surface area contributed by atoms with Gasteiger partial charge in [0.25, 0.3) is 6.43 Å². The van der Waals surface area contributed by atoms with Crippen LogP contribution in [0.3, 0.4) is 0 Å². The first kappa shape index (κ1) is 12.5. The van der Waals surface area contributed by atoms with Crippen molar-refractivity contribution in [3.63, 3.8) is 0 Å². The lowest BCUT2D eigenvalue weighted by atomic mass is 9.99. The van der Waals surface area contributed by atoms with E-state index >= 15 is 0 Å². The van der Waals surface area contributed by atoms with E-state index in [1.54, 1.807) is 13.8 Å². The number of alkyl halides is 2. The average molecular weight is 229 g/mol. The molecule has 0 atom stereocenters. The molecule has 0 aliphatic heterocycles. The van der Waals surface area contributed by atoms with Crippen LogP contribution in [-0.4, -0.2) is 16.1 Å². The Hall–Kier alpha value is -1.52. The van der Waals surface area contributed by atoms with Crippen molar-refractivity contribution in [2.45, 2.75) is 33.1 Å². The van der Waals surface area contributed by atoms with Gasteiger partial charge in [0.05, 0.1) is 6.42 Å². The highest BCUT2D eigenvalue weighted by atomic mass is 19.3. The van der Waals surface area contributed by atoms with E-state index in [2.05, 4.69) is 4.98 Å². The van der Waals surface area contributed by atoms with E-state index in [1.165, 1.54) is 6.20 Å². The van der Waals surface area contributed by atoms with E-state index in [0.717, 1.165) is 0 Å². The van der Waals surface area contributed by atoms with E-state index in [9.17, 15) is 13.6 Å². The fourth-order valence-corrected chi connectivity index (χ4v) is 1.68. The maximum absolute atomic E-state index is 12.6. The van der Waals surface area contributed by atoms with Crippen molar-refractivity contribution in [2.24, 2.45) is 0 Å². The molecule has 1 aromatic heterocycles. The van der Waals surface area contributed by atoms with E-state index in [1.807, 2.05) is 0 Å². The van der Waals surface area contributed by atoms with Gasteiger partial charge in [-0.2, -0.15) is 0 Å². The van der Waals surface area contributed by atoms with Crippen LogP contribution >= 0.6 is 0 Å². The van der Waals surface area contributed by atoms with Gasteiger partial charge in [0.15, 0.2) is 0 Å². The third-order valence-corrected chi connectivity index (χ3v) is 2.50. The minimum atomic E-state index is -2.62. The van der Waals surface area contributed by atoms with Gasteiger partial charge in [0.2, 0.25) is 0 Å². The van der Waals surface area contributed by atoms with Crippen molar-refractivity contribution >= 4 is 5.97 Å². The lowest BCUT2D eigenvalue weighted by molar-refractivity contribution is -0.136. The second-order valence-corrected chi connectivity index (χ2v) is 3.50. The van der Waals surface area contributed by atoms with Crippen LogP contribution in [0.25, 0.3) is 0 Å². The molecule has 5 heteroatoms. The number of aromatic nitrogens is 1. The molecule has 1 rings (SSSR count). The predicted molar refractivity (Wildman–Crippen MR) is 54.6 cm³/mol. The van der Waals surface area contributed by atoms with Gasteiger partial charge < -0.3 is 5.11 Å². The summed E-state index contributed by atoms with van der Waals surface area (Å²) in [6.07, 6.45) is -1.15. The standard InChI is InChI=1S/C11H13F2NO2/c1-3-8-6(2)7(4-9(15)16)5-14-10(8)11(12)13/h5,11H,3-4H2,1-2H3,(H,15,16). The van der Waals surface area contributed by atoms with Crippen LogP contribution < -0.4 is 0 Å². The summed E-state index contributed by atoms with van der Waals surface area (Å²) in [6.45, 7) is 3.41. The van der Waals surface area contributed by atoms with Crippen LogP contribution in [0.4, 0.5) is 8.78 Å². The predicted octanol–water partition coefficient (Wildman–Crippen LogP) is 2.52. The molecule has 1 heterocycles. The highest BCUT2D eigenvalue weighted by molar-refractivity contribution is 5.70. The highest BCUT2D eigenvalue weighted by Gasteiger charge is 2.18. The largest absolute Gasteiger partial charge is 0.481 e. The van der Waals surface area contributed by atoms with Crippen molar-refractivity contribution in [3.8, 4) is 0 Å². The number of aliphatic carboxylic acids is 1. The first-order valence-electron chi connectivity index (χ1n) is 4.94. The molecule has 1 N–H and O–H groups in total. The Morgan fingerprint density at radius 2 is 2.19 bits per heavy atom. The fourth-order valence-electron chi connectivity index (χ4n) is 1.68. The van der Waals surface area contributed by atoms with Crippen LogP contribution in [0.5, 0.6) is 0 Å². The topological polar surface area (TPSA) is 50.2 Å². The summed E-state index contributed by atoms with van der Waals surface area (Å²) in [7, 11) is 0. The number of hydrogen-bond acceptors (Lipinski definition) is 2. The summed E-state index contributed by atoms with van der Waals surface area (Å²) in [4.78, 5) is 14.2. The Morgan fingerprint density at radius 3 is 2.62 bits per heavy atom. The molecule has 0 aliphatic rings. The molecule has 0 bridgehead atoms. The van der Waals surface area contributed by atoms with Gasteiger partial charge in [-0.25, -0.2) is 8.78 Å². The van der Waals surface area contributed by atoms with Crippen molar-refractivity contribution in [1.29, 1.82) is 0 Å². The highest BCUT2D eigenvalue weighted by Crippen LogP contribution is 2.25. The molecule has 3 nitrogen and oxygen atoms in total. The number of hydrogen-bond donors (Lipinski definition) is 1. The van der Waals surface area contributed by atoms with Crippen molar-refractivity contribution in [2.75, 3.05) is 0 Å². The van der Waals surface area contributed by atoms with Crippen LogP contribution in [0.15, 0.2) is 6.20 Å². The molecule has 0 saturated carbocycles. The summed E-state index contributed by atoms with van der Waals surface area (Å²) in [5.41, 5.74) is 1.31.